The lowest BCUT2D eigenvalue weighted by molar-refractivity contribution is 0.0614. The maximum Gasteiger partial charge on any atom is 0.410 e. The van der Waals surface area contributed by atoms with E-state index in [4.69, 9.17) is 4.74 Å². The molecule has 0 saturated carbocycles. The number of benzene rings is 4. The predicted octanol–water partition coefficient (Wildman–Crippen LogP) is 6.85. The van der Waals surface area contributed by atoms with Crippen LogP contribution < -0.4 is 9.62 Å². The summed E-state index contributed by atoms with van der Waals surface area (Å²) in [5.74, 6) is -0.418. The average molecular weight is 600 g/mol. The summed E-state index contributed by atoms with van der Waals surface area (Å²) in [6, 6.07) is 26.5. The molecule has 4 aromatic rings. The lowest BCUT2D eigenvalue weighted by Gasteiger charge is -2.42. The van der Waals surface area contributed by atoms with Crippen molar-refractivity contribution in [1.82, 2.24) is 4.90 Å². The Labute approximate surface area is 253 Å². The van der Waals surface area contributed by atoms with Crippen molar-refractivity contribution < 1.29 is 22.7 Å². The number of hydrogen-bond acceptors (Lipinski definition) is 5. The normalized spacial score (nSPS) is 17.1. The minimum Gasteiger partial charge on any atom is -0.447 e. The minimum atomic E-state index is -4.04. The highest BCUT2D eigenvalue weighted by Gasteiger charge is 2.40. The number of carbonyl (C=O) groups is 2. The summed E-state index contributed by atoms with van der Waals surface area (Å²) in [6.07, 6.45) is -0.199. The molecule has 0 radical (unpaired) electrons. The van der Waals surface area contributed by atoms with Gasteiger partial charge in [0.25, 0.3) is 15.9 Å². The Kier molecular flexibility index (Phi) is 8.73. The number of aryl methyl sites for hydroxylation is 1. The molecule has 2 unspecified atom stereocenters. The molecule has 5 rings (SSSR count). The molecule has 1 fully saturated rings. The number of nitrogens with zero attached hydrogens (tertiary/aromatic N) is 2. The van der Waals surface area contributed by atoms with Crippen molar-refractivity contribution in [3.8, 4) is 0 Å². The first-order valence-electron chi connectivity index (χ1n) is 14.5. The highest BCUT2D eigenvalue weighted by Crippen LogP contribution is 2.36. The van der Waals surface area contributed by atoms with E-state index in [9.17, 15) is 18.0 Å². The smallest absolute Gasteiger partial charge is 0.410 e. The number of piperidine rings is 1. The second-order valence-corrected chi connectivity index (χ2v) is 13.1. The molecular weight excluding hydrogens is 562 g/mol. The number of amides is 2. The fourth-order valence-electron chi connectivity index (χ4n) is 5.68. The van der Waals surface area contributed by atoms with Crippen LogP contribution in [0.4, 0.5) is 16.2 Å². The van der Waals surface area contributed by atoms with Crippen molar-refractivity contribution in [3.63, 3.8) is 0 Å². The quantitative estimate of drug-likeness (QED) is 0.251. The number of ether oxygens (including phenoxy) is 1. The lowest BCUT2D eigenvalue weighted by atomic mass is 9.93. The van der Waals surface area contributed by atoms with Gasteiger partial charge in [0.2, 0.25) is 0 Å². The molecule has 0 spiro atoms. The van der Waals surface area contributed by atoms with Gasteiger partial charge >= 0.3 is 6.09 Å². The third-order valence-corrected chi connectivity index (χ3v) is 9.72. The van der Waals surface area contributed by atoms with E-state index >= 15 is 0 Å². The van der Waals surface area contributed by atoms with E-state index in [1.807, 2.05) is 62.4 Å². The fourth-order valence-corrected chi connectivity index (χ4v) is 7.67. The highest BCUT2D eigenvalue weighted by molar-refractivity contribution is 7.93. The number of carbonyl (C=O) groups excluding carboxylic acids is 2. The van der Waals surface area contributed by atoms with E-state index in [-0.39, 0.29) is 22.8 Å². The minimum absolute atomic E-state index is 0.182. The molecule has 0 aromatic heterocycles. The van der Waals surface area contributed by atoms with Crippen LogP contribution in [0.25, 0.3) is 10.8 Å². The Balaban J connectivity index is 1.50. The third-order valence-electron chi connectivity index (χ3n) is 7.81. The zero-order valence-electron chi connectivity index (χ0n) is 24.9. The molecule has 2 atom stereocenters. The van der Waals surface area contributed by atoms with Crippen LogP contribution in [0.15, 0.2) is 95.9 Å². The van der Waals surface area contributed by atoms with Crippen molar-refractivity contribution in [3.05, 3.63) is 102 Å². The maximum atomic E-state index is 14.6. The summed E-state index contributed by atoms with van der Waals surface area (Å²) in [6.45, 7) is 8.18. The molecule has 1 aliphatic heterocycles. The first kappa shape index (κ1) is 30.1. The molecule has 1 aliphatic rings. The van der Waals surface area contributed by atoms with Gasteiger partial charge in [0.05, 0.1) is 22.7 Å². The highest BCUT2D eigenvalue weighted by atomic mass is 32.2. The standard InChI is InChI=1S/C34H37N3O5S/c1-23(2)42-34(39)36-21-20-31(25(4)22-36)37(43(40,41)32-15-9-12-26-11-6-8-14-30(26)32)28-18-16-27(17-19-28)35-33(38)29-13-7-5-10-24(29)3/h5-19,23,25,31H,20-22H2,1-4H3,(H,35,38). The van der Waals surface area contributed by atoms with Gasteiger partial charge in [0, 0.05) is 29.7 Å². The summed E-state index contributed by atoms with van der Waals surface area (Å²) >= 11 is 0. The number of likely N-dealkylation sites (tertiary alicyclic amines) is 1. The Morgan fingerprint density at radius 1 is 0.930 bits per heavy atom. The van der Waals surface area contributed by atoms with Gasteiger partial charge in [0.15, 0.2) is 0 Å². The van der Waals surface area contributed by atoms with Crippen molar-refractivity contribution >= 4 is 44.2 Å². The van der Waals surface area contributed by atoms with Gasteiger partial charge in [-0.3, -0.25) is 9.10 Å². The first-order chi connectivity index (χ1) is 20.6. The predicted molar refractivity (Wildman–Crippen MR) is 170 cm³/mol. The summed E-state index contributed by atoms with van der Waals surface area (Å²) in [7, 11) is -4.04. The Morgan fingerprint density at radius 2 is 1.60 bits per heavy atom. The summed E-state index contributed by atoms with van der Waals surface area (Å²) in [5.41, 5.74) is 2.47. The second kappa shape index (κ2) is 12.5. The van der Waals surface area contributed by atoms with E-state index in [0.717, 1.165) is 10.9 Å². The molecule has 1 N–H and O–H groups in total. The maximum absolute atomic E-state index is 14.6. The lowest BCUT2D eigenvalue weighted by Crippen LogP contribution is -2.53. The summed E-state index contributed by atoms with van der Waals surface area (Å²) in [5, 5.41) is 4.39. The van der Waals surface area contributed by atoms with Crippen LogP contribution in [0.2, 0.25) is 0 Å². The van der Waals surface area contributed by atoms with Crippen molar-refractivity contribution in [2.75, 3.05) is 22.7 Å². The van der Waals surface area contributed by atoms with Crippen LogP contribution in [-0.2, 0) is 14.8 Å². The number of sulfonamides is 1. The van der Waals surface area contributed by atoms with Crippen LogP contribution in [0.5, 0.6) is 0 Å². The van der Waals surface area contributed by atoms with Gasteiger partial charge in [-0.25, -0.2) is 13.2 Å². The van der Waals surface area contributed by atoms with E-state index < -0.39 is 22.2 Å². The summed E-state index contributed by atoms with van der Waals surface area (Å²) in [4.78, 5) is 27.4. The monoisotopic (exact) mass is 599 g/mol. The zero-order chi connectivity index (χ0) is 30.7. The molecule has 2 amide bonds. The van der Waals surface area contributed by atoms with Crippen LogP contribution >= 0.6 is 0 Å². The molecular formula is C34H37N3O5S. The van der Waals surface area contributed by atoms with Gasteiger partial charge in [0.1, 0.15) is 0 Å². The van der Waals surface area contributed by atoms with E-state index in [0.29, 0.717) is 41.8 Å². The van der Waals surface area contributed by atoms with Crippen molar-refractivity contribution in [2.45, 2.75) is 51.2 Å². The number of rotatable bonds is 7. The Morgan fingerprint density at radius 3 is 2.30 bits per heavy atom. The largest absolute Gasteiger partial charge is 0.447 e. The molecule has 0 aliphatic carbocycles. The van der Waals surface area contributed by atoms with Gasteiger partial charge in [-0.2, -0.15) is 0 Å². The first-order valence-corrected chi connectivity index (χ1v) is 15.9. The molecule has 4 aromatic carbocycles. The molecule has 9 heteroatoms. The molecule has 224 valence electrons. The SMILES string of the molecule is Cc1ccccc1C(=O)Nc1ccc(N(C2CCN(C(=O)OC(C)C)CC2C)S(=O)(=O)c2cccc3ccccc23)cc1. The van der Waals surface area contributed by atoms with E-state index in [1.54, 1.807) is 61.2 Å². The molecule has 8 nitrogen and oxygen atoms in total. The molecule has 1 heterocycles. The molecule has 1 saturated heterocycles. The average Bonchev–Trinajstić information content (AvgIpc) is 2.98. The Hall–Kier alpha value is -4.37. The van der Waals surface area contributed by atoms with Gasteiger partial charge < -0.3 is 15.0 Å². The number of anilines is 2. The van der Waals surface area contributed by atoms with Crippen LogP contribution in [0.1, 0.15) is 43.1 Å². The topological polar surface area (TPSA) is 96.0 Å². The van der Waals surface area contributed by atoms with Gasteiger partial charge in [-0.05, 0) is 80.5 Å². The fraction of sp³-hybridized carbons (Fsp3) is 0.294. The third kappa shape index (κ3) is 6.37. The molecule has 0 bridgehead atoms. The molecule has 43 heavy (non-hydrogen) atoms. The summed E-state index contributed by atoms with van der Waals surface area (Å²) < 4.78 is 36.1. The van der Waals surface area contributed by atoms with Gasteiger partial charge in [-0.15, -0.1) is 0 Å². The number of fused-ring (bicyclic) bond motifs is 1. The van der Waals surface area contributed by atoms with Crippen molar-refractivity contribution in [2.24, 2.45) is 5.92 Å². The van der Waals surface area contributed by atoms with Crippen molar-refractivity contribution in [1.29, 1.82) is 0 Å². The second-order valence-electron chi connectivity index (χ2n) is 11.3. The van der Waals surface area contributed by atoms with Crippen LogP contribution in [-0.4, -0.2) is 50.6 Å². The number of nitrogens with one attached hydrogen (secondary N) is 1. The number of hydrogen-bond donors (Lipinski definition) is 1. The van der Waals surface area contributed by atoms with E-state index in [2.05, 4.69) is 5.32 Å². The van der Waals surface area contributed by atoms with Crippen LogP contribution in [0, 0.1) is 12.8 Å². The van der Waals surface area contributed by atoms with Gasteiger partial charge in [-0.1, -0.05) is 61.5 Å². The van der Waals surface area contributed by atoms with Crippen LogP contribution in [0.3, 0.4) is 0 Å². The zero-order valence-corrected chi connectivity index (χ0v) is 25.7. The Bertz CT molecular complexity index is 1730. The van der Waals surface area contributed by atoms with E-state index in [1.165, 1.54) is 4.31 Å².